The van der Waals surface area contributed by atoms with Gasteiger partial charge >= 0.3 is 0 Å². The van der Waals surface area contributed by atoms with E-state index in [1.165, 1.54) is 0 Å². The smallest absolute Gasteiger partial charge is 0.262 e. The SMILES string of the molecule is Cc1cc(OCC(=O)Nc2ccc(N3CCN(C)CC3)c(Cl)c2)ccc1Cl. The van der Waals surface area contributed by atoms with Crippen LogP contribution in [0.4, 0.5) is 11.4 Å². The molecular weight excluding hydrogens is 385 g/mol. The van der Waals surface area contributed by atoms with Gasteiger partial charge in [0, 0.05) is 36.9 Å². The van der Waals surface area contributed by atoms with Crippen LogP contribution >= 0.6 is 23.2 Å². The van der Waals surface area contributed by atoms with E-state index in [-0.39, 0.29) is 12.5 Å². The van der Waals surface area contributed by atoms with Crippen molar-refractivity contribution in [2.24, 2.45) is 0 Å². The molecular formula is C20H23Cl2N3O2. The molecule has 3 rings (SSSR count). The van der Waals surface area contributed by atoms with Gasteiger partial charge in [-0.2, -0.15) is 0 Å². The third-order valence-electron chi connectivity index (χ3n) is 4.57. The van der Waals surface area contributed by atoms with Gasteiger partial charge in [0.15, 0.2) is 6.61 Å². The van der Waals surface area contributed by atoms with Crippen LogP contribution in [0.15, 0.2) is 36.4 Å². The van der Waals surface area contributed by atoms with E-state index in [2.05, 4.69) is 22.2 Å². The molecule has 0 unspecified atom stereocenters. The van der Waals surface area contributed by atoms with E-state index in [0.29, 0.717) is 21.5 Å². The number of amides is 1. The lowest BCUT2D eigenvalue weighted by molar-refractivity contribution is -0.118. The summed E-state index contributed by atoms with van der Waals surface area (Å²) in [6, 6.07) is 10.9. The Kier molecular flexibility index (Phi) is 6.47. The molecule has 1 aliphatic heterocycles. The fourth-order valence-electron chi connectivity index (χ4n) is 2.94. The summed E-state index contributed by atoms with van der Waals surface area (Å²) >= 11 is 12.4. The third kappa shape index (κ3) is 5.28. The molecule has 144 valence electrons. The second-order valence-corrected chi connectivity index (χ2v) is 7.52. The van der Waals surface area contributed by atoms with E-state index >= 15 is 0 Å². The van der Waals surface area contributed by atoms with Crippen molar-refractivity contribution in [2.45, 2.75) is 6.92 Å². The summed E-state index contributed by atoms with van der Waals surface area (Å²) in [5, 5.41) is 4.11. The van der Waals surface area contributed by atoms with Gasteiger partial charge in [0.2, 0.25) is 0 Å². The highest BCUT2D eigenvalue weighted by atomic mass is 35.5. The third-order valence-corrected chi connectivity index (χ3v) is 5.30. The first-order valence-electron chi connectivity index (χ1n) is 8.84. The largest absolute Gasteiger partial charge is 0.484 e. The second-order valence-electron chi connectivity index (χ2n) is 6.70. The average Bonchev–Trinajstić information content (AvgIpc) is 2.64. The number of nitrogens with zero attached hydrogens (tertiary/aromatic N) is 2. The highest BCUT2D eigenvalue weighted by Crippen LogP contribution is 2.29. The first-order chi connectivity index (χ1) is 12.9. The van der Waals surface area contributed by atoms with Crippen LogP contribution in [0, 0.1) is 6.92 Å². The number of rotatable bonds is 5. The van der Waals surface area contributed by atoms with Crippen LogP contribution in [0.1, 0.15) is 5.56 Å². The molecule has 1 amide bonds. The number of carbonyl (C=O) groups is 1. The molecule has 0 bridgehead atoms. The predicted molar refractivity (Wildman–Crippen MR) is 111 cm³/mol. The average molecular weight is 408 g/mol. The molecule has 0 spiro atoms. The monoisotopic (exact) mass is 407 g/mol. The van der Waals surface area contributed by atoms with Crippen molar-refractivity contribution < 1.29 is 9.53 Å². The number of hydrogen-bond donors (Lipinski definition) is 1. The van der Waals surface area contributed by atoms with E-state index in [0.717, 1.165) is 37.4 Å². The van der Waals surface area contributed by atoms with Crippen LogP contribution in [-0.4, -0.2) is 50.6 Å². The second kappa shape index (κ2) is 8.83. The Morgan fingerprint density at radius 2 is 1.81 bits per heavy atom. The van der Waals surface area contributed by atoms with Crippen molar-refractivity contribution >= 4 is 40.5 Å². The molecule has 0 atom stereocenters. The molecule has 1 aliphatic rings. The normalized spacial score (nSPS) is 14.9. The lowest BCUT2D eigenvalue weighted by Gasteiger charge is -2.34. The Hall–Kier alpha value is -1.95. The minimum Gasteiger partial charge on any atom is -0.484 e. The number of ether oxygens (including phenoxy) is 1. The van der Waals surface area contributed by atoms with Crippen LogP contribution in [0.25, 0.3) is 0 Å². The minimum absolute atomic E-state index is 0.0844. The Labute approximate surface area is 169 Å². The topological polar surface area (TPSA) is 44.8 Å². The standard InChI is InChI=1S/C20H23Cl2N3O2/c1-14-11-16(4-5-17(14)21)27-13-20(26)23-15-3-6-19(18(22)12-15)25-9-7-24(2)8-10-25/h3-6,11-12H,7-10,13H2,1-2H3,(H,23,26). The molecule has 0 aliphatic carbocycles. The van der Waals surface area contributed by atoms with Crippen LogP contribution in [0.3, 0.4) is 0 Å². The molecule has 1 heterocycles. The first kappa shape index (κ1) is 19.8. The van der Waals surface area contributed by atoms with E-state index in [4.69, 9.17) is 27.9 Å². The molecule has 1 N–H and O–H groups in total. The number of aryl methyl sites for hydroxylation is 1. The Morgan fingerprint density at radius 3 is 2.48 bits per heavy atom. The van der Waals surface area contributed by atoms with Crippen LogP contribution in [0.5, 0.6) is 5.75 Å². The maximum Gasteiger partial charge on any atom is 0.262 e. The van der Waals surface area contributed by atoms with Gasteiger partial charge in [0.1, 0.15) is 5.75 Å². The molecule has 27 heavy (non-hydrogen) atoms. The van der Waals surface area contributed by atoms with Gasteiger partial charge in [-0.1, -0.05) is 23.2 Å². The van der Waals surface area contributed by atoms with Gasteiger partial charge in [-0.3, -0.25) is 4.79 Å². The first-order valence-corrected chi connectivity index (χ1v) is 9.60. The lowest BCUT2D eigenvalue weighted by Crippen LogP contribution is -2.44. The molecule has 2 aromatic rings. The van der Waals surface area contributed by atoms with E-state index in [1.54, 1.807) is 24.3 Å². The molecule has 2 aromatic carbocycles. The van der Waals surface area contributed by atoms with Crippen molar-refractivity contribution in [3.63, 3.8) is 0 Å². The van der Waals surface area contributed by atoms with E-state index in [9.17, 15) is 4.79 Å². The summed E-state index contributed by atoms with van der Waals surface area (Å²) in [4.78, 5) is 16.7. The number of likely N-dealkylation sites (N-methyl/N-ethyl adjacent to an activating group) is 1. The Morgan fingerprint density at radius 1 is 1.07 bits per heavy atom. The van der Waals surface area contributed by atoms with E-state index in [1.807, 2.05) is 19.1 Å². The quantitative estimate of drug-likeness (QED) is 0.810. The number of halogens is 2. The zero-order valence-corrected chi connectivity index (χ0v) is 17.0. The molecule has 0 radical (unpaired) electrons. The number of hydrogen-bond acceptors (Lipinski definition) is 4. The Balaban J connectivity index is 1.56. The number of carbonyl (C=O) groups excluding carboxylic acids is 1. The lowest BCUT2D eigenvalue weighted by atomic mass is 10.2. The summed E-state index contributed by atoms with van der Waals surface area (Å²) in [5.74, 6) is 0.363. The van der Waals surface area contributed by atoms with Crippen LogP contribution in [-0.2, 0) is 4.79 Å². The molecule has 1 fully saturated rings. The highest BCUT2D eigenvalue weighted by Gasteiger charge is 2.17. The molecule has 5 nitrogen and oxygen atoms in total. The number of piperazine rings is 1. The van der Waals surface area contributed by atoms with Gasteiger partial charge < -0.3 is 19.9 Å². The van der Waals surface area contributed by atoms with Crippen molar-refractivity contribution in [3.05, 3.63) is 52.0 Å². The van der Waals surface area contributed by atoms with Gasteiger partial charge in [-0.25, -0.2) is 0 Å². The summed E-state index contributed by atoms with van der Waals surface area (Å²) < 4.78 is 5.52. The maximum absolute atomic E-state index is 12.2. The van der Waals surface area contributed by atoms with Gasteiger partial charge in [-0.15, -0.1) is 0 Å². The van der Waals surface area contributed by atoms with Crippen LogP contribution in [0.2, 0.25) is 10.0 Å². The van der Waals surface area contributed by atoms with Crippen molar-refractivity contribution in [3.8, 4) is 5.75 Å². The zero-order valence-electron chi connectivity index (χ0n) is 15.5. The maximum atomic E-state index is 12.2. The van der Waals surface area contributed by atoms with Crippen LogP contribution < -0.4 is 15.0 Å². The summed E-state index contributed by atoms with van der Waals surface area (Å²) in [7, 11) is 2.12. The Bertz CT molecular complexity index is 821. The number of anilines is 2. The fourth-order valence-corrected chi connectivity index (χ4v) is 3.36. The van der Waals surface area contributed by atoms with Gasteiger partial charge in [0.25, 0.3) is 5.91 Å². The molecule has 7 heteroatoms. The highest BCUT2D eigenvalue weighted by molar-refractivity contribution is 6.33. The summed E-state index contributed by atoms with van der Waals surface area (Å²) in [6.07, 6.45) is 0. The molecule has 0 aromatic heterocycles. The predicted octanol–water partition coefficient (Wildman–Crippen LogP) is 4.07. The molecule has 1 saturated heterocycles. The van der Waals surface area contributed by atoms with E-state index < -0.39 is 0 Å². The minimum atomic E-state index is -0.244. The molecule has 0 saturated carbocycles. The fraction of sp³-hybridized carbons (Fsp3) is 0.350. The summed E-state index contributed by atoms with van der Waals surface area (Å²) in [5.41, 5.74) is 2.55. The zero-order chi connectivity index (χ0) is 19.4. The number of nitrogens with one attached hydrogen (secondary N) is 1. The van der Waals surface area contributed by atoms with Gasteiger partial charge in [-0.05, 0) is 55.9 Å². The van der Waals surface area contributed by atoms with Crippen molar-refractivity contribution in [2.75, 3.05) is 50.1 Å². The van der Waals surface area contributed by atoms with Crippen molar-refractivity contribution in [1.82, 2.24) is 4.90 Å². The number of benzene rings is 2. The van der Waals surface area contributed by atoms with Crippen molar-refractivity contribution in [1.29, 1.82) is 0 Å². The summed E-state index contributed by atoms with van der Waals surface area (Å²) in [6.45, 7) is 5.71. The van der Waals surface area contributed by atoms with Gasteiger partial charge in [0.05, 0.1) is 10.7 Å².